The quantitative estimate of drug-likeness (QED) is 0.792. The Morgan fingerprint density at radius 2 is 1.97 bits per heavy atom. The summed E-state index contributed by atoms with van der Waals surface area (Å²) in [4.78, 5) is 20.6. The molecule has 0 bridgehead atoms. The maximum absolute atomic E-state index is 12.7. The second-order valence-corrected chi connectivity index (χ2v) is 7.39. The Hall–Kier alpha value is -2.32. The molecule has 0 saturated carbocycles. The van der Waals surface area contributed by atoms with Gasteiger partial charge in [0, 0.05) is 43.1 Å². The normalized spacial score (nSPS) is 16.9. The third kappa shape index (κ3) is 5.61. The van der Waals surface area contributed by atoms with Crippen LogP contribution >= 0.6 is 11.6 Å². The van der Waals surface area contributed by atoms with Gasteiger partial charge in [-0.1, -0.05) is 17.7 Å². The number of alkyl halides is 3. The van der Waals surface area contributed by atoms with Crippen molar-refractivity contribution in [2.75, 3.05) is 36.4 Å². The minimum absolute atomic E-state index is 0.131. The molecule has 2 heterocycles. The van der Waals surface area contributed by atoms with E-state index in [2.05, 4.69) is 15.2 Å². The number of anilines is 2. The van der Waals surface area contributed by atoms with E-state index in [4.69, 9.17) is 11.6 Å². The molecule has 1 aliphatic heterocycles. The molecule has 156 valence electrons. The topological polar surface area (TPSA) is 48.5 Å². The van der Waals surface area contributed by atoms with Gasteiger partial charge in [0.15, 0.2) is 0 Å². The van der Waals surface area contributed by atoms with E-state index in [1.807, 2.05) is 11.8 Å². The Morgan fingerprint density at radius 3 is 2.62 bits per heavy atom. The average Bonchev–Trinajstić information content (AvgIpc) is 2.93. The summed E-state index contributed by atoms with van der Waals surface area (Å²) >= 11 is 5.95. The minimum Gasteiger partial charge on any atom is -0.355 e. The van der Waals surface area contributed by atoms with Gasteiger partial charge in [-0.25, -0.2) is 4.98 Å². The van der Waals surface area contributed by atoms with Crippen molar-refractivity contribution in [3.8, 4) is 0 Å². The van der Waals surface area contributed by atoms with Gasteiger partial charge in [0.25, 0.3) is 0 Å². The molecule has 1 N–H and O–H groups in total. The van der Waals surface area contributed by atoms with E-state index in [0.29, 0.717) is 42.7 Å². The highest BCUT2D eigenvalue weighted by Gasteiger charge is 2.31. The first-order valence-corrected chi connectivity index (χ1v) is 9.70. The van der Waals surface area contributed by atoms with Crippen LogP contribution in [0.5, 0.6) is 0 Å². The molecule has 2 aromatic rings. The highest BCUT2D eigenvalue weighted by molar-refractivity contribution is 6.30. The molecule has 9 heteroatoms. The van der Waals surface area contributed by atoms with Crippen molar-refractivity contribution in [1.82, 2.24) is 9.88 Å². The molecule has 29 heavy (non-hydrogen) atoms. The zero-order valence-electron chi connectivity index (χ0n) is 15.9. The molecule has 1 amide bonds. The molecule has 1 atom stereocenters. The van der Waals surface area contributed by atoms with Crippen molar-refractivity contribution in [1.29, 1.82) is 0 Å². The Bertz CT molecular complexity index is 844. The second-order valence-electron chi connectivity index (χ2n) is 6.95. The summed E-state index contributed by atoms with van der Waals surface area (Å²) in [7, 11) is 0. The van der Waals surface area contributed by atoms with E-state index in [1.54, 1.807) is 24.3 Å². The molecule has 3 rings (SSSR count). The summed E-state index contributed by atoms with van der Waals surface area (Å²) in [5.74, 6) is 0.379. The third-order valence-corrected chi connectivity index (χ3v) is 5.18. The Balaban J connectivity index is 1.59. The van der Waals surface area contributed by atoms with Crippen molar-refractivity contribution in [2.24, 2.45) is 0 Å². The van der Waals surface area contributed by atoms with E-state index >= 15 is 0 Å². The fraction of sp³-hybridized carbons (Fsp3) is 0.400. The lowest BCUT2D eigenvalue weighted by molar-refractivity contribution is -0.137. The van der Waals surface area contributed by atoms with Gasteiger partial charge in [0.1, 0.15) is 5.82 Å². The summed E-state index contributed by atoms with van der Waals surface area (Å²) < 4.78 is 38.1. The molecule has 1 aliphatic rings. The Morgan fingerprint density at radius 1 is 1.17 bits per heavy atom. The number of amides is 1. The number of rotatable bonds is 4. The number of benzene rings is 1. The number of hydrogen-bond acceptors (Lipinski definition) is 4. The molecule has 5 nitrogen and oxygen atoms in total. The van der Waals surface area contributed by atoms with Gasteiger partial charge in [-0.15, -0.1) is 0 Å². The van der Waals surface area contributed by atoms with Gasteiger partial charge in [-0.3, -0.25) is 9.69 Å². The summed E-state index contributed by atoms with van der Waals surface area (Å²) in [5, 5.41) is 3.41. The summed E-state index contributed by atoms with van der Waals surface area (Å²) in [5.41, 5.74) is -0.122. The number of hydrogen-bond donors (Lipinski definition) is 1. The van der Waals surface area contributed by atoms with Gasteiger partial charge >= 0.3 is 6.18 Å². The van der Waals surface area contributed by atoms with Crippen LogP contribution in [0.2, 0.25) is 5.02 Å². The first kappa shape index (κ1) is 21.4. The maximum Gasteiger partial charge on any atom is 0.417 e. The number of carbonyl (C=O) groups is 1. The maximum atomic E-state index is 12.7. The molecule has 1 aromatic heterocycles. The fourth-order valence-corrected chi connectivity index (χ4v) is 3.46. The molecule has 1 aromatic carbocycles. The molecule has 0 unspecified atom stereocenters. The lowest BCUT2D eigenvalue weighted by Gasteiger charge is -2.27. The highest BCUT2D eigenvalue weighted by atomic mass is 35.5. The van der Waals surface area contributed by atoms with Crippen LogP contribution in [0.15, 0.2) is 42.6 Å². The zero-order valence-corrected chi connectivity index (χ0v) is 16.7. The molecule has 0 aliphatic carbocycles. The van der Waals surface area contributed by atoms with Crippen LogP contribution in [0.1, 0.15) is 18.9 Å². The number of carbonyl (C=O) groups excluding carboxylic acids is 1. The van der Waals surface area contributed by atoms with E-state index in [-0.39, 0.29) is 11.9 Å². The predicted octanol–water partition coefficient (Wildman–Crippen LogP) is 4.29. The van der Waals surface area contributed by atoms with Crippen LogP contribution in [0.4, 0.5) is 24.7 Å². The van der Waals surface area contributed by atoms with Crippen LogP contribution in [-0.2, 0) is 11.0 Å². The largest absolute Gasteiger partial charge is 0.417 e. The Kier molecular flexibility index (Phi) is 6.64. The molecule has 1 saturated heterocycles. The number of nitrogens with one attached hydrogen (secondary N) is 1. The SMILES string of the molecule is C[C@H](C(=O)Nc1cccc(Cl)c1)N1CCCN(c2ccc(C(F)(F)F)cn2)CC1. The van der Waals surface area contributed by atoms with Crippen LogP contribution < -0.4 is 10.2 Å². The Labute approximate surface area is 172 Å². The van der Waals surface area contributed by atoms with E-state index < -0.39 is 11.7 Å². The number of pyridine rings is 1. The predicted molar refractivity (Wildman–Crippen MR) is 107 cm³/mol. The van der Waals surface area contributed by atoms with Crippen LogP contribution in [0.3, 0.4) is 0 Å². The van der Waals surface area contributed by atoms with Gasteiger partial charge < -0.3 is 10.2 Å². The average molecular weight is 427 g/mol. The van der Waals surface area contributed by atoms with Crippen molar-refractivity contribution in [3.05, 3.63) is 53.2 Å². The van der Waals surface area contributed by atoms with Gasteiger partial charge in [0.2, 0.25) is 5.91 Å². The fourth-order valence-electron chi connectivity index (χ4n) is 3.27. The monoisotopic (exact) mass is 426 g/mol. The number of aromatic nitrogens is 1. The second kappa shape index (κ2) is 9.00. The van der Waals surface area contributed by atoms with Crippen molar-refractivity contribution in [3.63, 3.8) is 0 Å². The van der Waals surface area contributed by atoms with Crippen molar-refractivity contribution in [2.45, 2.75) is 25.6 Å². The van der Waals surface area contributed by atoms with Crippen molar-refractivity contribution >= 4 is 29.0 Å². The smallest absolute Gasteiger partial charge is 0.355 e. The lowest BCUT2D eigenvalue weighted by Crippen LogP contribution is -2.44. The van der Waals surface area contributed by atoms with Gasteiger partial charge in [-0.2, -0.15) is 13.2 Å². The molecular weight excluding hydrogens is 405 g/mol. The number of halogens is 4. The summed E-state index contributed by atoms with van der Waals surface area (Å²) in [6, 6.07) is 9.06. The standard InChI is InChI=1S/C20H22ClF3N4O/c1-14(19(29)26-17-5-2-4-16(21)12-17)27-8-3-9-28(11-10-27)18-7-6-15(13-25-18)20(22,23)24/h2,4-7,12-14H,3,8-11H2,1H3,(H,26,29)/t14-/m1/s1. The minimum atomic E-state index is -4.40. The van der Waals surface area contributed by atoms with Gasteiger partial charge in [0.05, 0.1) is 11.6 Å². The van der Waals surface area contributed by atoms with Gasteiger partial charge in [-0.05, 0) is 43.7 Å². The van der Waals surface area contributed by atoms with Crippen LogP contribution in [0, 0.1) is 0 Å². The summed E-state index contributed by atoms with van der Waals surface area (Å²) in [6.45, 7) is 4.39. The third-order valence-electron chi connectivity index (χ3n) is 4.95. The van der Waals surface area contributed by atoms with Crippen molar-refractivity contribution < 1.29 is 18.0 Å². The van der Waals surface area contributed by atoms with Crippen LogP contribution in [-0.4, -0.2) is 48.0 Å². The van der Waals surface area contributed by atoms with E-state index in [0.717, 1.165) is 18.7 Å². The first-order valence-electron chi connectivity index (χ1n) is 9.33. The van der Waals surface area contributed by atoms with Crippen LogP contribution in [0.25, 0.3) is 0 Å². The first-order chi connectivity index (χ1) is 13.7. The number of nitrogens with zero attached hydrogens (tertiary/aromatic N) is 3. The zero-order chi connectivity index (χ0) is 21.0. The van der Waals surface area contributed by atoms with E-state index in [9.17, 15) is 18.0 Å². The van der Waals surface area contributed by atoms with E-state index in [1.165, 1.54) is 6.07 Å². The molecule has 1 fully saturated rings. The highest BCUT2D eigenvalue weighted by Crippen LogP contribution is 2.29. The summed E-state index contributed by atoms with van der Waals surface area (Å²) in [6.07, 6.45) is -2.76. The molecule has 0 spiro atoms. The molecular formula is C20H22ClF3N4O. The molecule has 0 radical (unpaired) electrons. The lowest BCUT2D eigenvalue weighted by atomic mass is 10.2.